The van der Waals surface area contributed by atoms with Crippen molar-refractivity contribution in [1.82, 2.24) is 14.8 Å². The van der Waals surface area contributed by atoms with Crippen LogP contribution in [0.5, 0.6) is 11.5 Å². The van der Waals surface area contributed by atoms with Gasteiger partial charge in [-0.25, -0.2) is 4.79 Å². The lowest BCUT2D eigenvalue weighted by molar-refractivity contribution is 0.415. The van der Waals surface area contributed by atoms with E-state index in [1.165, 1.54) is 23.9 Å². The second-order valence-electron chi connectivity index (χ2n) is 7.10. The first kappa shape index (κ1) is 21.0. The smallest absolute Gasteiger partial charge is 0.336 e. The fraction of sp³-hybridized carbons (Fsp3) is 0.261. The summed E-state index contributed by atoms with van der Waals surface area (Å²) in [5, 5.41) is 20.1. The van der Waals surface area contributed by atoms with E-state index in [-0.39, 0.29) is 5.75 Å². The minimum absolute atomic E-state index is 0.0592. The van der Waals surface area contributed by atoms with Crippen LogP contribution in [-0.4, -0.2) is 27.0 Å². The predicted octanol–water partition coefficient (Wildman–Crippen LogP) is 4.86. The molecule has 7 nitrogen and oxygen atoms in total. The summed E-state index contributed by atoms with van der Waals surface area (Å²) in [6.45, 7) is 2.95. The molecule has 0 saturated carbocycles. The first-order valence-corrected chi connectivity index (χ1v) is 11.0. The Morgan fingerprint density at radius 2 is 1.94 bits per heavy atom. The second-order valence-corrected chi connectivity index (χ2v) is 8.04. The number of rotatable bonds is 8. The van der Waals surface area contributed by atoms with Crippen LogP contribution in [0.25, 0.3) is 22.4 Å². The van der Waals surface area contributed by atoms with Gasteiger partial charge < -0.3 is 18.8 Å². The molecule has 0 atom stereocenters. The highest BCUT2D eigenvalue weighted by molar-refractivity contribution is 7.98. The molecular formula is C23H23N3O4S. The van der Waals surface area contributed by atoms with E-state index in [1.807, 2.05) is 24.3 Å². The van der Waals surface area contributed by atoms with Crippen LogP contribution in [0.15, 0.2) is 62.9 Å². The van der Waals surface area contributed by atoms with E-state index >= 15 is 0 Å². The summed E-state index contributed by atoms with van der Waals surface area (Å²) in [5.74, 6) is 2.18. The second kappa shape index (κ2) is 9.26. The lowest BCUT2D eigenvalue weighted by Crippen LogP contribution is -2.03. The molecule has 0 saturated heterocycles. The van der Waals surface area contributed by atoms with Gasteiger partial charge in [-0.1, -0.05) is 25.1 Å². The van der Waals surface area contributed by atoms with E-state index in [4.69, 9.17) is 9.15 Å². The predicted molar refractivity (Wildman–Crippen MR) is 121 cm³/mol. The highest BCUT2D eigenvalue weighted by atomic mass is 32.2. The van der Waals surface area contributed by atoms with Crippen molar-refractivity contribution in [2.45, 2.75) is 37.2 Å². The monoisotopic (exact) mass is 437 g/mol. The summed E-state index contributed by atoms with van der Waals surface area (Å²) in [7, 11) is 1.64. The van der Waals surface area contributed by atoms with Gasteiger partial charge in [0.2, 0.25) is 0 Å². The molecule has 0 spiro atoms. The number of phenols is 1. The topological polar surface area (TPSA) is 90.4 Å². The van der Waals surface area contributed by atoms with Crippen LogP contribution in [-0.2, 0) is 12.3 Å². The fourth-order valence-corrected chi connectivity index (χ4v) is 4.30. The van der Waals surface area contributed by atoms with E-state index in [2.05, 4.69) is 21.7 Å². The van der Waals surface area contributed by atoms with E-state index in [0.29, 0.717) is 11.3 Å². The van der Waals surface area contributed by atoms with Crippen LogP contribution in [0.3, 0.4) is 0 Å². The summed E-state index contributed by atoms with van der Waals surface area (Å²) in [5.41, 5.74) is 1.72. The van der Waals surface area contributed by atoms with E-state index in [1.54, 1.807) is 19.2 Å². The Morgan fingerprint density at radius 1 is 1.13 bits per heavy atom. The van der Waals surface area contributed by atoms with Gasteiger partial charge in [-0.05, 0) is 48.4 Å². The quantitative estimate of drug-likeness (QED) is 0.311. The zero-order valence-corrected chi connectivity index (χ0v) is 18.2. The summed E-state index contributed by atoms with van der Waals surface area (Å²) in [6.07, 6.45) is 2.06. The minimum Gasteiger partial charge on any atom is -0.508 e. The summed E-state index contributed by atoms with van der Waals surface area (Å²) in [4.78, 5) is 12.0. The molecule has 0 radical (unpaired) electrons. The Hall–Kier alpha value is -3.26. The molecule has 4 aromatic rings. The number of hydrogen-bond donors (Lipinski definition) is 1. The first-order chi connectivity index (χ1) is 15.1. The Bertz CT molecular complexity index is 1250. The van der Waals surface area contributed by atoms with Gasteiger partial charge in [0.15, 0.2) is 11.0 Å². The lowest BCUT2D eigenvalue weighted by atomic mass is 10.1. The zero-order chi connectivity index (χ0) is 21.8. The number of hydrogen-bond acceptors (Lipinski definition) is 7. The van der Waals surface area contributed by atoms with Crippen LogP contribution < -0.4 is 10.4 Å². The van der Waals surface area contributed by atoms with Crippen molar-refractivity contribution in [2.24, 2.45) is 0 Å². The van der Waals surface area contributed by atoms with Gasteiger partial charge in [0.25, 0.3) is 0 Å². The van der Waals surface area contributed by atoms with E-state index < -0.39 is 5.63 Å². The molecule has 8 heteroatoms. The molecule has 0 aliphatic carbocycles. The van der Waals surface area contributed by atoms with Crippen molar-refractivity contribution in [3.8, 4) is 22.9 Å². The molecule has 1 N–H and O–H groups in total. The molecule has 0 fully saturated rings. The third-order valence-electron chi connectivity index (χ3n) is 4.97. The van der Waals surface area contributed by atoms with Crippen molar-refractivity contribution < 1.29 is 14.3 Å². The highest BCUT2D eigenvalue weighted by Gasteiger charge is 2.16. The van der Waals surface area contributed by atoms with Crippen molar-refractivity contribution in [3.05, 3.63) is 64.5 Å². The van der Waals surface area contributed by atoms with Crippen LogP contribution >= 0.6 is 11.8 Å². The SMILES string of the molecule is CCCCn1c(SCc2cc(=O)oc3cc(O)ccc23)nnc1-c1ccc(OC)cc1. The Morgan fingerprint density at radius 3 is 2.68 bits per heavy atom. The van der Waals surface area contributed by atoms with Crippen molar-refractivity contribution in [1.29, 1.82) is 0 Å². The summed E-state index contributed by atoms with van der Waals surface area (Å²) in [6, 6.07) is 14.1. The highest BCUT2D eigenvalue weighted by Crippen LogP contribution is 2.30. The van der Waals surface area contributed by atoms with Crippen molar-refractivity contribution >= 4 is 22.7 Å². The minimum atomic E-state index is -0.444. The third-order valence-corrected chi connectivity index (χ3v) is 5.99. The van der Waals surface area contributed by atoms with Crippen LogP contribution in [0, 0.1) is 0 Å². The molecule has 0 amide bonds. The molecule has 0 aliphatic rings. The van der Waals surface area contributed by atoms with Crippen molar-refractivity contribution in [3.63, 3.8) is 0 Å². The van der Waals surface area contributed by atoms with Gasteiger partial charge >= 0.3 is 5.63 Å². The fourth-order valence-electron chi connectivity index (χ4n) is 3.35. The van der Waals surface area contributed by atoms with Crippen molar-refractivity contribution in [2.75, 3.05) is 7.11 Å². The van der Waals surface area contributed by atoms with E-state index in [0.717, 1.165) is 52.6 Å². The standard InChI is InChI=1S/C23H23N3O4S/c1-3-4-11-26-22(15-5-8-18(29-2)9-6-15)24-25-23(26)31-14-16-12-21(28)30-20-13-17(27)7-10-19(16)20/h5-10,12-13,27H,3-4,11,14H2,1-2H3. The number of aromatic nitrogens is 3. The van der Waals surface area contributed by atoms with Gasteiger partial charge in [-0.15, -0.1) is 10.2 Å². The molecule has 0 unspecified atom stereocenters. The maximum Gasteiger partial charge on any atom is 0.336 e. The Kier molecular flexibility index (Phi) is 6.27. The summed E-state index contributed by atoms with van der Waals surface area (Å²) < 4.78 is 12.6. The number of unbranched alkanes of at least 4 members (excludes halogenated alkanes) is 1. The molecule has 4 rings (SSSR count). The van der Waals surface area contributed by atoms with Crippen LogP contribution in [0.4, 0.5) is 0 Å². The number of nitrogens with zero attached hydrogens (tertiary/aromatic N) is 3. The number of benzene rings is 2. The van der Waals surface area contributed by atoms with Gasteiger partial charge in [-0.3, -0.25) is 0 Å². The Labute approximate surface area is 183 Å². The molecule has 31 heavy (non-hydrogen) atoms. The average Bonchev–Trinajstić information content (AvgIpc) is 3.18. The largest absolute Gasteiger partial charge is 0.508 e. The van der Waals surface area contributed by atoms with Gasteiger partial charge in [0, 0.05) is 35.4 Å². The number of ether oxygens (including phenoxy) is 1. The lowest BCUT2D eigenvalue weighted by Gasteiger charge is -2.10. The molecule has 2 aromatic heterocycles. The van der Waals surface area contributed by atoms with Gasteiger partial charge in [0.05, 0.1) is 7.11 Å². The molecule has 0 bridgehead atoms. The molecule has 0 aliphatic heterocycles. The average molecular weight is 438 g/mol. The zero-order valence-electron chi connectivity index (χ0n) is 17.4. The van der Waals surface area contributed by atoms with Gasteiger partial charge in [-0.2, -0.15) is 0 Å². The molecule has 2 heterocycles. The van der Waals surface area contributed by atoms with E-state index in [9.17, 15) is 9.90 Å². The van der Waals surface area contributed by atoms with Gasteiger partial charge in [0.1, 0.15) is 17.1 Å². The maximum absolute atomic E-state index is 12.0. The van der Waals surface area contributed by atoms with Crippen LogP contribution in [0.2, 0.25) is 0 Å². The molecular weight excluding hydrogens is 414 g/mol. The normalized spacial score (nSPS) is 11.2. The third kappa shape index (κ3) is 4.59. The first-order valence-electron chi connectivity index (χ1n) is 10.0. The van der Waals surface area contributed by atoms with Crippen LogP contribution in [0.1, 0.15) is 25.3 Å². The molecule has 160 valence electrons. The number of fused-ring (bicyclic) bond motifs is 1. The Balaban J connectivity index is 1.65. The maximum atomic E-state index is 12.0. The summed E-state index contributed by atoms with van der Waals surface area (Å²) >= 11 is 1.52. The number of phenolic OH excluding ortho intramolecular Hbond substituents is 1. The number of methoxy groups -OCH3 is 1. The molecule has 2 aromatic carbocycles. The number of thioether (sulfide) groups is 1. The number of aromatic hydroxyl groups is 1.